The number of nitrogens with one attached hydrogen (secondary N) is 1. The monoisotopic (exact) mass is 349 g/mol. The van der Waals surface area contributed by atoms with Crippen LogP contribution in [-0.2, 0) is 27.9 Å². The van der Waals surface area contributed by atoms with Gasteiger partial charge in [0.2, 0.25) is 5.91 Å². The van der Waals surface area contributed by atoms with E-state index in [0.29, 0.717) is 17.9 Å². The van der Waals surface area contributed by atoms with Gasteiger partial charge in [-0.05, 0) is 36.2 Å². The summed E-state index contributed by atoms with van der Waals surface area (Å²) in [6.07, 6.45) is 0. The van der Waals surface area contributed by atoms with Crippen molar-refractivity contribution in [2.45, 2.75) is 19.2 Å². The minimum Gasteiger partial charge on any atom is -0.496 e. The average molecular weight is 349 g/mol. The molecule has 0 heterocycles. The fourth-order valence-corrected chi connectivity index (χ4v) is 3.35. The molecular formula is C18H20FNO3S. The van der Waals surface area contributed by atoms with Crippen LogP contribution in [0.2, 0.25) is 0 Å². The second kappa shape index (κ2) is 8.59. The van der Waals surface area contributed by atoms with Gasteiger partial charge in [0, 0.05) is 22.9 Å². The molecule has 6 heteroatoms. The summed E-state index contributed by atoms with van der Waals surface area (Å²) in [5, 5.41) is 2.76. The summed E-state index contributed by atoms with van der Waals surface area (Å²) in [7, 11) is 0.0236. The normalized spacial score (nSPS) is 11.8. The number of benzene rings is 2. The van der Waals surface area contributed by atoms with E-state index in [1.54, 1.807) is 0 Å². The van der Waals surface area contributed by atoms with E-state index in [0.717, 1.165) is 11.1 Å². The van der Waals surface area contributed by atoms with Gasteiger partial charge < -0.3 is 10.1 Å². The van der Waals surface area contributed by atoms with Crippen molar-refractivity contribution in [3.63, 3.8) is 0 Å². The summed E-state index contributed by atoms with van der Waals surface area (Å²) < 4.78 is 30.6. The van der Waals surface area contributed by atoms with E-state index in [9.17, 15) is 13.4 Å². The van der Waals surface area contributed by atoms with Gasteiger partial charge in [0.25, 0.3) is 0 Å². The summed E-state index contributed by atoms with van der Waals surface area (Å²) in [6, 6.07) is 11.8. The number of carbonyl (C=O) groups excluding carboxylic acids is 1. The van der Waals surface area contributed by atoms with E-state index in [1.807, 2.05) is 31.2 Å². The van der Waals surface area contributed by atoms with Crippen LogP contribution in [-0.4, -0.2) is 23.0 Å². The molecule has 0 aliphatic heterocycles. The van der Waals surface area contributed by atoms with Crippen molar-refractivity contribution in [1.82, 2.24) is 5.32 Å². The molecule has 0 aliphatic rings. The van der Waals surface area contributed by atoms with Crippen LogP contribution in [0.15, 0.2) is 42.5 Å². The fourth-order valence-electron chi connectivity index (χ4n) is 2.28. The van der Waals surface area contributed by atoms with Gasteiger partial charge in [-0.1, -0.05) is 24.3 Å². The maximum atomic E-state index is 13.3. The average Bonchev–Trinajstić information content (AvgIpc) is 2.54. The number of hydrogen-bond acceptors (Lipinski definition) is 3. The number of rotatable bonds is 7. The zero-order valence-electron chi connectivity index (χ0n) is 13.7. The third-order valence-corrected chi connectivity index (χ3v) is 4.81. The van der Waals surface area contributed by atoms with Crippen LogP contribution in [0.25, 0.3) is 0 Å². The zero-order chi connectivity index (χ0) is 17.5. The first-order valence-corrected chi connectivity index (χ1v) is 8.97. The second-order valence-corrected chi connectivity index (χ2v) is 6.84. The van der Waals surface area contributed by atoms with Crippen LogP contribution in [0.1, 0.15) is 16.7 Å². The Balaban J connectivity index is 1.89. The molecule has 4 nitrogen and oxygen atoms in total. The van der Waals surface area contributed by atoms with Crippen LogP contribution in [0.5, 0.6) is 5.75 Å². The van der Waals surface area contributed by atoms with Gasteiger partial charge in [0.15, 0.2) is 0 Å². The van der Waals surface area contributed by atoms with Crippen molar-refractivity contribution in [2.24, 2.45) is 0 Å². The Kier molecular flexibility index (Phi) is 6.49. The number of aryl methyl sites for hydroxylation is 1. The molecule has 0 aliphatic carbocycles. The van der Waals surface area contributed by atoms with Gasteiger partial charge in [0.05, 0.1) is 12.9 Å². The SMILES string of the molecule is COc1ccc(F)cc1C[S@@](=O)CC(=O)NCc1ccccc1C. The van der Waals surface area contributed by atoms with Crippen LogP contribution in [0, 0.1) is 12.7 Å². The van der Waals surface area contributed by atoms with Crippen LogP contribution in [0.4, 0.5) is 4.39 Å². The molecule has 0 radical (unpaired) electrons. The van der Waals surface area contributed by atoms with Crippen LogP contribution in [0.3, 0.4) is 0 Å². The Morgan fingerprint density at radius 2 is 1.96 bits per heavy atom. The number of amides is 1. The van der Waals surface area contributed by atoms with Gasteiger partial charge in [-0.15, -0.1) is 0 Å². The minimum absolute atomic E-state index is 0.0682. The van der Waals surface area contributed by atoms with Gasteiger partial charge >= 0.3 is 0 Å². The summed E-state index contributed by atoms with van der Waals surface area (Å²) in [4.78, 5) is 11.9. The third-order valence-electron chi connectivity index (χ3n) is 3.59. The lowest BCUT2D eigenvalue weighted by molar-refractivity contribution is -0.118. The first-order valence-electron chi connectivity index (χ1n) is 7.48. The van der Waals surface area contributed by atoms with Crippen molar-refractivity contribution < 1.29 is 18.1 Å². The highest BCUT2D eigenvalue weighted by Crippen LogP contribution is 2.20. The van der Waals surface area contributed by atoms with Gasteiger partial charge in [-0.3, -0.25) is 9.00 Å². The predicted octanol–water partition coefficient (Wildman–Crippen LogP) is 2.71. The topological polar surface area (TPSA) is 55.4 Å². The molecule has 1 amide bonds. The molecule has 1 atom stereocenters. The van der Waals surface area contributed by atoms with Crippen molar-refractivity contribution in [1.29, 1.82) is 0 Å². The molecule has 2 aromatic carbocycles. The fraction of sp³-hybridized carbons (Fsp3) is 0.278. The molecule has 0 saturated carbocycles. The lowest BCUT2D eigenvalue weighted by Gasteiger charge is -2.10. The van der Waals surface area contributed by atoms with Crippen molar-refractivity contribution in [3.8, 4) is 5.75 Å². The summed E-state index contributed by atoms with van der Waals surface area (Å²) in [5.74, 6) is -0.326. The predicted molar refractivity (Wildman–Crippen MR) is 92.7 cm³/mol. The lowest BCUT2D eigenvalue weighted by atomic mass is 10.1. The van der Waals surface area contributed by atoms with E-state index < -0.39 is 16.6 Å². The molecule has 24 heavy (non-hydrogen) atoms. The first kappa shape index (κ1) is 18.1. The quantitative estimate of drug-likeness (QED) is 0.836. The van der Waals surface area contributed by atoms with Gasteiger partial charge in [-0.25, -0.2) is 4.39 Å². The molecule has 1 N–H and O–H groups in total. The highest BCUT2D eigenvalue weighted by Gasteiger charge is 2.12. The third kappa shape index (κ3) is 5.16. The minimum atomic E-state index is -1.44. The smallest absolute Gasteiger partial charge is 0.232 e. The highest BCUT2D eigenvalue weighted by atomic mass is 32.2. The largest absolute Gasteiger partial charge is 0.496 e. The maximum Gasteiger partial charge on any atom is 0.232 e. The highest BCUT2D eigenvalue weighted by molar-refractivity contribution is 7.84. The molecule has 0 fully saturated rings. The lowest BCUT2D eigenvalue weighted by Crippen LogP contribution is -2.28. The van der Waals surface area contributed by atoms with Crippen molar-refractivity contribution in [2.75, 3.05) is 12.9 Å². The molecule has 0 spiro atoms. The molecule has 128 valence electrons. The zero-order valence-corrected chi connectivity index (χ0v) is 14.5. The Labute approximate surface area is 143 Å². The number of carbonyl (C=O) groups is 1. The molecule has 2 rings (SSSR count). The number of halogens is 1. The Hall–Kier alpha value is -2.21. The summed E-state index contributed by atoms with van der Waals surface area (Å²) in [5.41, 5.74) is 2.59. The van der Waals surface area contributed by atoms with Crippen molar-refractivity contribution >= 4 is 16.7 Å². The van der Waals surface area contributed by atoms with Gasteiger partial charge in [0.1, 0.15) is 17.3 Å². The molecular weight excluding hydrogens is 329 g/mol. The molecule has 0 saturated heterocycles. The van der Waals surface area contributed by atoms with E-state index in [-0.39, 0.29) is 17.4 Å². The summed E-state index contributed by atoms with van der Waals surface area (Å²) in [6.45, 7) is 2.36. The molecule has 0 unspecified atom stereocenters. The Morgan fingerprint density at radius 3 is 2.67 bits per heavy atom. The number of ether oxygens (including phenoxy) is 1. The molecule has 0 aromatic heterocycles. The van der Waals surface area contributed by atoms with E-state index in [4.69, 9.17) is 4.74 Å². The molecule has 0 bridgehead atoms. The van der Waals surface area contributed by atoms with Crippen molar-refractivity contribution in [3.05, 3.63) is 65.0 Å². The Morgan fingerprint density at radius 1 is 1.21 bits per heavy atom. The van der Waals surface area contributed by atoms with E-state index >= 15 is 0 Å². The first-order chi connectivity index (χ1) is 11.5. The number of hydrogen-bond donors (Lipinski definition) is 1. The van der Waals surface area contributed by atoms with Crippen LogP contribution < -0.4 is 10.1 Å². The second-order valence-electron chi connectivity index (χ2n) is 5.39. The van der Waals surface area contributed by atoms with E-state index in [2.05, 4.69) is 5.32 Å². The maximum absolute atomic E-state index is 13.3. The van der Waals surface area contributed by atoms with E-state index in [1.165, 1.54) is 25.3 Å². The Bertz CT molecular complexity index is 749. The summed E-state index contributed by atoms with van der Waals surface area (Å²) >= 11 is 0. The van der Waals surface area contributed by atoms with Crippen LogP contribution >= 0.6 is 0 Å². The van der Waals surface area contributed by atoms with Gasteiger partial charge in [-0.2, -0.15) is 0 Å². The standard InChI is InChI=1S/C18H20FNO3S/c1-13-5-3-4-6-14(13)10-20-18(21)12-24(22)11-15-9-16(19)7-8-17(15)23-2/h3-9H,10-12H2,1-2H3,(H,20,21)/t24-/m1/s1. The number of methoxy groups -OCH3 is 1. The molecule has 2 aromatic rings.